The third-order valence-corrected chi connectivity index (χ3v) is 6.25. The van der Waals surface area contributed by atoms with Gasteiger partial charge in [0, 0.05) is 24.7 Å². The van der Waals surface area contributed by atoms with Gasteiger partial charge in [-0.25, -0.2) is 8.42 Å². The van der Waals surface area contributed by atoms with E-state index in [9.17, 15) is 28.4 Å². The van der Waals surface area contributed by atoms with Crippen molar-refractivity contribution >= 4 is 21.7 Å². The third kappa shape index (κ3) is 2.93. The van der Waals surface area contributed by atoms with Crippen LogP contribution in [-0.2, 0) is 14.8 Å². The quantitative estimate of drug-likeness (QED) is 0.657. The van der Waals surface area contributed by atoms with E-state index < -0.39 is 26.3 Å². The van der Waals surface area contributed by atoms with Crippen molar-refractivity contribution in [3.63, 3.8) is 0 Å². The summed E-state index contributed by atoms with van der Waals surface area (Å²) >= 11 is 0. The van der Waals surface area contributed by atoms with Crippen LogP contribution in [0.5, 0.6) is 0 Å². The number of carboxylic acids is 1. The van der Waals surface area contributed by atoms with E-state index in [1.807, 2.05) is 0 Å². The van der Waals surface area contributed by atoms with Crippen LogP contribution in [0.25, 0.3) is 0 Å². The molecule has 9 heteroatoms. The fraction of sp³-hybridized carbons (Fsp3) is 0.500. The molecule has 1 saturated heterocycles. The van der Waals surface area contributed by atoms with E-state index in [-0.39, 0.29) is 30.1 Å². The number of carboxylic acid groups (broad SMARTS) is 1. The summed E-state index contributed by atoms with van der Waals surface area (Å²) in [5, 5.41) is 20.3. The normalized spacial score (nSPS) is 22.2. The van der Waals surface area contributed by atoms with Crippen LogP contribution in [0.4, 0.5) is 5.69 Å². The molecule has 1 aromatic carbocycles. The van der Waals surface area contributed by atoms with Crippen LogP contribution < -0.4 is 0 Å². The molecule has 2 rings (SSSR count). The number of sulfonamides is 1. The molecular formula is C14H18N2O6S. The van der Waals surface area contributed by atoms with Crippen molar-refractivity contribution in [2.24, 2.45) is 5.41 Å². The highest BCUT2D eigenvalue weighted by molar-refractivity contribution is 7.89. The van der Waals surface area contributed by atoms with Crippen LogP contribution in [0.15, 0.2) is 17.0 Å². The van der Waals surface area contributed by atoms with Gasteiger partial charge in [-0.1, -0.05) is 0 Å². The molecular weight excluding hydrogens is 324 g/mol. The maximum Gasteiger partial charge on any atom is 0.310 e. The number of benzene rings is 1. The van der Waals surface area contributed by atoms with E-state index in [2.05, 4.69) is 0 Å². The van der Waals surface area contributed by atoms with Crippen molar-refractivity contribution in [1.82, 2.24) is 4.31 Å². The first-order valence-corrected chi connectivity index (χ1v) is 8.42. The van der Waals surface area contributed by atoms with Crippen LogP contribution in [0.3, 0.4) is 0 Å². The minimum atomic E-state index is -3.98. The van der Waals surface area contributed by atoms with E-state index >= 15 is 0 Å². The second-order valence-corrected chi connectivity index (χ2v) is 8.02. The van der Waals surface area contributed by atoms with Crippen LogP contribution in [0.2, 0.25) is 0 Å². The van der Waals surface area contributed by atoms with Crippen molar-refractivity contribution in [2.45, 2.75) is 32.1 Å². The Labute approximate surface area is 133 Å². The van der Waals surface area contributed by atoms with E-state index in [0.29, 0.717) is 11.1 Å². The summed E-state index contributed by atoms with van der Waals surface area (Å²) in [7, 11) is -3.98. The zero-order valence-corrected chi connectivity index (χ0v) is 13.9. The minimum absolute atomic E-state index is 0.0756. The maximum atomic E-state index is 12.8. The van der Waals surface area contributed by atoms with Crippen molar-refractivity contribution in [3.8, 4) is 0 Å². The molecule has 23 heavy (non-hydrogen) atoms. The first-order valence-electron chi connectivity index (χ1n) is 6.98. The summed E-state index contributed by atoms with van der Waals surface area (Å²) < 4.78 is 26.6. The molecule has 1 fully saturated rings. The molecule has 8 nitrogen and oxygen atoms in total. The lowest BCUT2D eigenvalue weighted by Crippen LogP contribution is -2.35. The number of aliphatic carboxylic acids is 1. The monoisotopic (exact) mass is 342 g/mol. The molecule has 0 aromatic heterocycles. The Bertz CT molecular complexity index is 789. The number of rotatable bonds is 4. The van der Waals surface area contributed by atoms with Gasteiger partial charge < -0.3 is 5.11 Å². The second-order valence-electron chi connectivity index (χ2n) is 6.12. The summed E-state index contributed by atoms with van der Waals surface area (Å²) in [5.41, 5.74) is -0.632. The highest BCUT2D eigenvalue weighted by atomic mass is 32.2. The van der Waals surface area contributed by atoms with Crippen molar-refractivity contribution in [2.75, 3.05) is 13.1 Å². The van der Waals surface area contributed by atoms with Crippen LogP contribution in [0.1, 0.15) is 24.5 Å². The van der Waals surface area contributed by atoms with Crippen molar-refractivity contribution in [3.05, 3.63) is 33.4 Å². The predicted molar refractivity (Wildman–Crippen MR) is 81.7 cm³/mol. The summed E-state index contributed by atoms with van der Waals surface area (Å²) in [5.74, 6) is -1.05. The van der Waals surface area contributed by atoms with Gasteiger partial charge >= 0.3 is 5.97 Å². The summed E-state index contributed by atoms with van der Waals surface area (Å²) in [4.78, 5) is 21.5. The van der Waals surface area contributed by atoms with Crippen molar-refractivity contribution < 1.29 is 23.2 Å². The van der Waals surface area contributed by atoms with E-state index in [4.69, 9.17) is 0 Å². The SMILES string of the molecule is Cc1cc(C)c(S(=O)(=O)N2CCC(C)(C(=O)O)C2)cc1[N+](=O)[O-]. The number of hydrogen-bond donors (Lipinski definition) is 1. The average molecular weight is 342 g/mol. The van der Waals surface area contributed by atoms with Crippen LogP contribution in [-0.4, -0.2) is 41.8 Å². The molecule has 1 unspecified atom stereocenters. The zero-order chi connectivity index (χ0) is 17.6. The van der Waals surface area contributed by atoms with Crippen LogP contribution >= 0.6 is 0 Å². The highest BCUT2D eigenvalue weighted by Gasteiger charge is 2.45. The van der Waals surface area contributed by atoms with Crippen LogP contribution in [0, 0.1) is 29.4 Å². The molecule has 0 spiro atoms. The lowest BCUT2D eigenvalue weighted by atomic mass is 9.90. The number of nitrogens with zero attached hydrogens (tertiary/aromatic N) is 2. The van der Waals surface area contributed by atoms with Gasteiger partial charge in [-0.3, -0.25) is 14.9 Å². The van der Waals surface area contributed by atoms with Gasteiger partial charge in [0.1, 0.15) is 0 Å². The summed E-state index contributed by atoms with van der Waals surface area (Å²) in [6.07, 6.45) is 0.203. The van der Waals surface area contributed by atoms with Gasteiger partial charge in [-0.15, -0.1) is 0 Å². The molecule has 1 N–H and O–H groups in total. The first kappa shape index (κ1) is 17.4. The Morgan fingerprint density at radius 3 is 2.43 bits per heavy atom. The predicted octanol–water partition coefficient (Wildman–Crippen LogP) is 1.70. The Hall–Kier alpha value is -2.00. The smallest absolute Gasteiger partial charge is 0.310 e. The van der Waals surface area contributed by atoms with Gasteiger partial charge in [0.25, 0.3) is 5.69 Å². The molecule has 1 heterocycles. The minimum Gasteiger partial charge on any atom is -0.481 e. The Morgan fingerprint density at radius 2 is 1.96 bits per heavy atom. The molecule has 0 saturated carbocycles. The molecule has 1 aliphatic heterocycles. The Balaban J connectivity index is 2.48. The molecule has 0 amide bonds. The lowest BCUT2D eigenvalue weighted by molar-refractivity contribution is -0.385. The summed E-state index contributed by atoms with van der Waals surface area (Å²) in [6, 6.07) is 2.51. The number of aryl methyl sites for hydroxylation is 2. The molecule has 0 aliphatic carbocycles. The third-order valence-electron chi connectivity index (χ3n) is 4.26. The molecule has 1 aromatic rings. The second kappa shape index (κ2) is 5.57. The topological polar surface area (TPSA) is 118 Å². The summed E-state index contributed by atoms with van der Waals surface area (Å²) in [6.45, 7) is 4.53. The lowest BCUT2D eigenvalue weighted by Gasteiger charge is -2.21. The molecule has 1 aliphatic rings. The molecule has 0 bridgehead atoms. The van der Waals surface area contributed by atoms with E-state index in [1.54, 1.807) is 13.8 Å². The Kier molecular flexibility index (Phi) is 4.20. The number of hydrogen-bond acceptors (Lipinski definition) is 5. The van der Waals surface area contributed by atoms with Gasteiger partial charge in [0.15, 0.2) is 0 Å². The van der Waals surface area contributed by atoms with Gasteiger partial charge in [-0.05, 0) is 38.8 Å². The molecule has 1 atom stereocenters. The molecule has 126 valence electrons. The largest absolute Gasteiger partial charge is 0.481 e. The van der Waals surface area contributed by atoms with Crippen molar-refractivity contribution in [1.29, 1.82) is 0 Å². The van der Waals surface area contributed by atoms with E-state index in [1.165, 1.54) is 13.0 Å². The van der Waals surface area contributed by atoms with Gasteiger partial charge in [0.2, 0.25) is 10.0 Å². The standard InChI is InChI=1S/C14H18N2O6S/c1-9-6-10(2)12(7-11(9)16(19)20)23(21,22)15-5-4-14(3,8-15)13(17)18/h6-7H,4-5,8H2,1-3H3,(H,17,18). The number of carbonyl (C=O) groups is 1. The fourth-order valence-corrected chi connectivity index (χ4v) is 4.52. The van der Waals surface area contributed by atoms with Gasteiger partial charge in [0.05, 0.1) is 15.2 Å². The first-order chi connectivity index (χ1) is 10.5. The van der Waals surface area contributed by atoms with Gasteiger partial charge in [-0.2, -0.15) is 4.31 Å². The molecule has 0 radical (unpaired) electrons. The average Bonchev–Trinajstić information content (AvgIpc) is 2.82. The Morgan fingerprint density at radius 1 is 1.35 bits per heavy atom. The zero-order valence-electron chi connectivity index (χ0n) is 13.1. The fourth-order valence-electron chi connectivity index (χ4n) is 2.73. The maximum absolute atomic E-state index is 12.8. The number of nitro benzene ring substituents is 1. The van der Waals surface area contributed by atoms with E-state index in [0.717, 1.165) is 10.4 Å². The number of nitro groups is 1. The highest BCUT2D eigenvalue weighted by Crippen LogP contribution is 2.35.